The molecule has 1 aliphatic rings. The van der Waals surface area contributed by atoms with Gasteiger partial charge in [0.05, 0.1) is 17.2 Å². The molecule has 0 radical (unpaired) electrons. The third kappa shape index (κ3) is 4.31. The number of carboxylic acids is 1. The van der Waals surface area contributed by atoms with Gasteiger partial charge < -0.3 is 9.84 Å². The molecule has 2 aromatic rings. The lowest BCUT2D eigenvalue weighted by atomic mass is 9.87. The lowest BCUT2D eigenvalue weighted by Gasteiger charge is -2.29. The summed E-state index contributed by atoms with van der Waals surface area (Å²) in [5.41, 5.74) is 1.61. The first-order chi connectivity index (χ1) is 11.8. The van der Waals surface area contributed by atoms with Crippen molar-refractivity contribution in [2.45, 2.75) is 38.0 Å². The predicted molar refractivity (Wildman–Crippen MR) is 86.9 cm³/mol. The Morgan fingerprint density at radius 3 is 2.36 bits per heavy atom. The summed E-state index contributed by atoms with van der Waals surface area (Å²) in [5, 5.41) is 11.1. The molecule has 1 fully saturated rings. The van der Waals surface area contributed by atoms with E-state index in [2.05, 4.69) is 4.98 Å². The van der Waals surface area contributed by atoms with E-state index in [4.69, 9.17) is 9.84 Å². The molecule has 0 bridgehead atoms. The summed E-state index contributed by atoms with van der Waals surface area (Å²) in [5.74, 6) is -2.23. The van der Waals surface area contributed by atoms with E-state index in [1.807, 2.05) is 0 Å². The van der Waals surface area contributed by atoms with Gasteiger partial charge in [-0.05, 0) is 37.8 Å². The zero-order valence-electron chi connectivity index (χ0n) is 13.1. The summed E-state index contributed by atoms with van der Waals surface area (Å²) >= 11 is 1.28. The van der Waals surface area contributed by atoms with Crippen molar-refractivity contribution >= 4 is 17.3 Å². The number of carboxylic acid groups (broad SMARTS) is 1. The highest BCUT2D eigenvalue weighted by atomic mass is 32.1. The molecule has 25 heavy (non-hydrogen) atoms. The van der Waals surface area contributed by atoms with E-state index in [-0.39, 0.29) is 24.5 Å². The third-order valence-electron chi connectivity index (χ3n) is 4.32. The highest BCUT2D eigenvalue weighted by Crippen LogP contribution is 2.39. The van der Waals surface area contributed by atoms with Gasteiger partial charge in [0.1, 0.15) is 6.10 Å². The van der Waals surface area contributed by atoms with Crippen molar-refractivity contribution in [3.05, 3.63) is 35.2 Å². The normalized spacial score (nSPS) is 21.1. The van der Waals surface area contributed by atoms with Crippen LogP contribution in [0.4, 0.5) is 13.2 Å². The maximum atomic E-state index is 12.7. The molecule has 0 atom stereocenters. The van der Waals surface area contributed by atoms with Crippen LogP contribution in [-0.4, -0.2) is 28.3 Å². The molecule has 1 aromatic heterocycles. The Kier molecular flexibility index (Phi) is 4.99. The Bertz CT molecular complexity index is 734. The van der Waals surface area contributed by atoms with Crippen molar-refractivity contribution in [1.82, 2.24) is 4.98 Å². The summed E-state index contributed by atoms with van der Waals surface area (Å²) < 4.78 is 43.8. The largest absolute Gasteiger partial charge is 0.478 e. The number of benzene rings is 1. The van der Waals surface area contributed by atoms with E-state index in [1.54, 1.807) is 17.5 Å². The molecular formula is C17H16F3NO3S. The molecule has 134 valence electrons. The molecule has 0 spiro atoms. The predicted octanol–water partition coefficient (Wildman–Crippen LogP) is 5.01. The van der Waals surface area contributed by atoms with Crippen LogP contribution in [0, 0.1) is 5.92 Å². The number of hydrogen-bond acceptors (Lipinski definition) is 4. The quantitative estimate of drug-likeness (QED) is 0.821. The van der Waals surface area contributed by atoms with E-state index < -0.39 is 18.1 Å². The van der Waals surface area contributed by atoms with Crippen molar-refractivity contribution in [1.29, 1.82) is 0 Å². The van der Waals surface area contributed by atoms with Crippen LogP contribution in [0.15, 0.2) is 29.6 Å². The summed E-state index contributed by atoms with van der Waals surface area (Å²) in [4.78, 5) is 15.2. The van der Waals surface area contributed by atoms with Crippen LogP contribution in [-0.2, 0) is 0 Å². The van der Waals surface area contributed by atoms with Gasteiger partial charge in [0, 0.05) is 10.9 Å². The van der Waals surface area contributed by atoms with Crippen LogP contribution < -0.4 is 4.74 Å². The van der Waals surface area contributed by atoms with Crippen molar-refractivity contribution in [2.75, 3.05) is 0 Å². The zero-order chi connectivity index (χ0) is 18.0. The molecule has 1 heterocycles. The molecular weight excluding hydrogens is 355 g/mol. The second kappa shape index (κ2) is 7.03. The summed E-state index contributed by atoms with van der Waals surface area (Å²) in [7, 11) is 0. The standard InChI is InChI=1S/C17H16F3NO3S/c18-17(19,20)12-5-7-13(8-6-12)24-16-21-14(9-25-16)10-1-3-11(4-2-10)15(22)23/h1-4,9,12-13H,5-8H2,(H,22,23). The van der Waals surface area contributed by atoms with Crippen molar-refractivity contribution in [3.8, 4) is 16.5 Å². The van der Waals surface area contributed by atoms with Crippen LogP contribution in [0.3, 0.4) is 0 Å². The van der Waals surface area contributed by atoms with E-state index in [0.717, 1.165) is 5.56 Å². The second-order valence-electron chi connectivity index (χ2n) is 6.01. The molecule has 1 N–H and O–H groups in total. The minimum absolute atomic E-state index is 0.0864. The molecule has 1 aliphatic carbocycles. The fourth-order valence-corrected chi connectivity index (χ4v) is 3.62. The summed E-state index contributed by atoms with van der Waals surface area (Å²) in [6.07, 6.45) is -3.46. The monoisotopic (exact) mass is 371 g/mol. The van der Waals surface area contributed by atoms with E-state index in [9.17, 15) is 18.0 Å². The molecule has 0 saturated heterocycles. The molecule has 1 aromatic carbocycles. The summed E-state index contributed by atoms with van der Waals surface area (Å²) in [6.45, 7) is 0. The molecule has 0 aliphatic heterocycles. The maximum Gasteiger partial charge on any atom is 0.391 e. The van der Waals surface area contributed by atoms with E-state index in [0.29, 0.717) is 23.7 Å². The highest BCUT2D eigenvalue weighted by molar-refractivity contribution is 7.11. The van der Waals surface area contributed by atoms with Crippen molar-refractivity contribution < 1.29 is 27.8 Å². The number of rotatable bonds is 4. The average Bonchev–Trinajstić information content (AvgIpc) is 3.03. The fraction of sp³-hybridized carbons (Fsp3) is 0.412. The molecule has 4 nitrogen and oxygen atoms in total. The number of halogens is 3. The number of hydrogen-bond donors (Lipinski definition) is 1. The first-order valence-electron chi connectivity index (χ1n) is 7.85. The van der Waals surface area contributed by atoms with Crippen LogP contribution in [0.25, 0.3) is 11.3 Å². The molecule has 0 unspecified atom stereocenters. The Labute approximate surface area is 146 Å². The summed E-state index contributed by atoms with van der Waals surface area (Å²) in [6, 6.07) is 6.32. The van der Waals surface area contributed by atoms with Crippen molar-refractivity contribution in [3.63, 3.8) is 0 Å². The fourth-order valence-electron chi connectivity index (χ4n) is 2.88. The van der Waals surface area contributed by atoms with Crippen molar-refractivity contribution in [2.24, 2.45) is 5.92 Å². The zero-order valence-corrected chi connectivity index (χ0v) is 13.9. The van der Waals surface area contributed by atoms with Gasteiger partial charge in [-0.15, -0.1) is 0 Å². The molecule has 8 heteroatoms. The topological polar surface area (TPSA) is 59.4 Å². The first-order valence-corrected chi connectivity index (χ1v) is 8.73. The number of alkyl halides is 3. The number of carbonyl (C=O) groups is 1. The Hall–Kier alpha value is -2.09. The number of ether oxygens (including phenoxy) is 1. The lowest BCUT2D eigenvalue weighted by molar-refractivity contribution is -0.185. The third-order valence-corrected chi connectivity index (χ3v) is 5.05. The van der Waals surface area contributed by atoms with Crippen LogP contribution in [0.1, 0.15) is 36.0 Å². The Balaban J connectivity index is 1.60. The van der Waals surface area contributed by atoms with Gasteiger partial charge in [-0.1, -0.05) is 23.5 Å². The van der Waals surface area contributed by atoms with Crippen LogP contribution in [0.2, 0.25) is 0 Å². The van der Waals surface area contributed by atoms with Gasteiger partial charge in [0.25, 0.3) is 5.19 Å². The lowest BCUT2D eigenvalue weighted by Crippen LogP contribution is -2.31. The number of nitrogens with zero attached hydrogens (tertiary/aromatic N) is 1. The average molecular weight is 371 g/mol. The Morgan fingerprint density at radius 2 is 1.80 bits per heavy atom. The number of thiazole rings is 1. The van der Waals surface area contributed by atoms with Gasteiger partial charge in [0.2, 0.25) is 0 Å². The van der Waals surface area contributed by atoms with Crippen LogP contribution in [0.5, 0.6) is 5.19 Å². The van der Waals surface area contributed by atoms with E-state index >= 15 is 0 Å². The van der Waals surface area contributed by atoms with Crippen LogP contribution >= 0.6 is 11.3 Å². The molecule has 0 amide bonds. The maximum absolute atomic E-state index is 12.7. The highest BCUT2D eigenvalue weighted by Gasteiger charge is 2.41. The smallest absolute Gasteiger partial charge is 0.391 e. The second-order valence-corrected chi connectivity index (χ2v) is 6.83. The number of aromatic carboxylic acids is 1. The minimum atomic E-state index is -4.12. The van der Waals surface area contributed by atoms with Gasteiger partial charge in [0.15, 0.2) is 0 Å². The van der Waals surface area contributed by atoms with Gasteiger partial charge in [-0.25, -0.2) is 9.78 Å². The minimum Gasteiger partial charge on any atom is -0.478 e. The van der Waals surface area contributed by atoms with Gasteiger partial charge in [-0.2, -0.15) is 13.2 Å². The van der Waals surface area contributed by atoms with Gasteiger partial charge in [-0.3, -0.25) is 0 Å². The molecule has 3 rings (SSSR count). The Morgan fingerprint density at radius 1 is 1.16 bits per heavy atom. The van der Waals surface area contributed by atoms with E-state index in [1.165, 1.54) is 23.5 Å². The molecule has 1 saturated carbocycles. The first kappa shape index (κ1) is 17.7. The SMILES string of the molecule is O=C(O)c1ccc(-c2csc(OC3CCC(C(F)(F)F)CC3)n2)cc1. The van der Waals surface area contributed by atoms with Gasteiger partial charge >= 0.3 is 12.1 Å². The number of aromatic nitrogens is 1.